The molecular formula is C22H29N3O3. The van der Waals surface area contributed by atoms with Gasteiger partial charge in [-0.15, -0.1) is 6.58 Å². The quantitative estimate of drug-likeness (QED) is 0.489. The molecule has 1 aromatic heterocycles. The molecule has 0 aliphatic heterocycles. The number of rotatable bonds is 10. The lowest BCUT2D eigenvalue weighted by Gasteiger charge is -2.23. The summed E-state index contributed by atoms with van der Waals surface area (Å²) in [5, 5.41) is 6.51. The maximum absolute atomic E-state index is 13.0. The number of allylic oxidation sites excluding steroid dienone is 1. The maximum atomic E-state index is 13.0. The van der Waals surface area contributed by atoms with Crippen LogP contribution in [0, 0.1) is 5.92 Å². The number of fused-ring (bicyclic) bond motifs is 1. The first kappa shape index (κ1) is 21.4. The minimum absolute atomic E-state index is 0.126. The number of para-hydroxylation sites is 1. The highest BCUT2D eigenvalue weighted by atomic mass is 16.2. The van der Waals surface area contributed by atoms with E-state index in [1.807, 2.05) is 61.7 Å². The van der Waals surface area contributed by atoms with Crippen LogP contribution in [0.1, 0.15) is 44.1 Å². The van der Waals surface area contributed by atoms with Crippen LogP contribution < -0.4 is 10.6 Å². The number of carbonyl (C=O) groups excluding carboxylic acids is 3. The molecule has 0 spiro atoms. The Balaban J connectivity index is 2.29. The second kappa shape index (κ2) is 9.88. The molecule has 0 fully saturated rings. The molecule has 1 heterocycles. The van der Waals surface area contributed by atoms with E-state index in [2.05, 4.69) is 17.2 Å². The van der Waals surface area contributed by atoms with E-state index in [-0.39, 0.29) is 17.7 Å². The summed E-state index contributed by atoms with van der Waals surface area (Å²) in [7, 11) is 0. The molecule has 0 radical (unpaired) electrons. The monoisotopic (exact) mass is 383 g/mol. The number of benzene rings is 1. The fraction of sp³-hybridized carbons (Fsp3) is 0.409. The molecule has 0 unspecified atom stereocenters. The maximum Gasteiger partial charge on any atom is 0.268 e. The molecule has 28 heavy (non-hydrogen) atoms. The molecule has 0 aliphatic rings. The molecule has 2 amide bonds. The Morgan fingerprint density at radius 1 is 1.21 bits per heavy atom. The summed E-state index contributed by atoms with van der Waals surface area (Å²) < 4.78 is 1.95. The van der Waals surface area contributed by atoms with Gasteiger partial charge < -0.3 is 20.0 Å². The first-order valence-electron chi connectivity index (χ1n) is 9.68. The van der Waals surface area contributed by atoms with Crippen molar-refractivity contribution in [3.63, 3.8) is 0 Å². The van der Waals surface area contributed by atoms with Gasteiger partial charge in [-0.1, -0.05) is 45.0 Å². The molecule has 150 valence electrons. The van der Waals surface area contributed by atoms with Crippen molar-refractivity contribution < 1.29 is 14.4 Å². The molecule has 2 aromatic rings. The number of hydrogen-bond acceptors (Lipinski definition) is 3. The lowest BCUT2D eigenvalue weighted by molar-refractivity contribution is -0.126. The van der Waals surface area contributed by atoms with E-state index in [1.54, 1.807) is 0 Å². The second-order valence-corrected chi connectivity index (χ2v) is 7.17. The van der Waals surface area contributed by atoms with Gasteiger partial charge in [-0.2, -0.15) is 0 Å². The highest BCUT2D eigenvalue weighted by molar-refractivity contribution is 6.01. The van der Waals surface area contributed by atoms with Gasteiger partial charge in [-0.25, -0.2) is 0 Å². The topological polar surface area (TPSA) is 80.2 Å². The van der Waals surface area contributed by atoms with E-state index < -0.39 is 12.1 Å². The summed E-state index contributed by atoms with van der Waals surface area (Å²) in [6, 6.07) is 8.34. The van der Waals surface area contributed by atoms with Gasteiger partial charge in [0, 0.05) is 17.4 Å². The number of nitrogens with one attached hydrogen (secondary N) is 2. The Labute approximate surface area is 166 Å². The van der Waals surface area contributed by atoms with Gasteiger partial charge in [0.05, 0.1) is 6.04 Å². The van der Waals surface area contributed by atoms with Crippen molar-refractivity contribution in [3.8, 4) is 0 Å². The van der Waals surface area contributed by atoms with Crippen LogP contribution in [0.5, 0.6) is 0 Å². The van der Waals surface area contributed by atoms with Crippen LogP contribution in [0.3, 0.4) is 0 Å². The lowest BCUT2D eigenvalue weighted by atomic mass is 10.0. The zero-order chi connectivity index (χ0) is 20.7. The van der Waals surface area contributed by atoms with Crippen LogP contribution in [-0.2, 0) is 16.1 Å². The zero-order valence-corrected chi connectivity index (χ0v) is 16.8. The van der Waals surface area contributed by atoms with E-state index in [4.69, 9.17) is 0 Å². The predicted molar refractivity (Wildman–Crippen MR) is 111 cm³/mol. The van der Waals surface area contributed by atoms with Crippen molar-refractivity contribution in [2.24, 2.45) is 5.92 Å². The molecule has 2 N–H and O–H groups in total. The van der Waals surface area contributed by atoms with Gasteiger partial charge in [-0.3, -0.25) is 9.59 Å². The fourth-order valence-electron chi connectivity index (χ4n) is 3.11. The second-order valence-electron chi connectivity index (χ2n) is 7.17. The molecule has 0 aliphatic carbocycles. The lowest BCUT2D eigenvalue weighted by Crippen LogP contribution is -2.52. The Morgan fingerprint density at radius 2 is 1.93 bits per heavy atom. The number of aromatic nitrogens is 1. The standard InChI is InChI=1S/C22H29N3O3/c1-5-7-12-25-18-11-9-8-10-16(18)13-19(25)21(27)24-20(15(3)4)22(28)23-17(6-2)14-26/h5,8-11,13-15,17,20H,1,6-7,12H2,2-4H3,(H,23,28)(H,24,27)/t17-,20-/m0/s1. The van der Waals surface area contributed by atoms with Gasteiger partial charge in [0.2, 0.25) is 5.91 Å². The van der Waals surface area contributed by atoms with Crippen molar-refractivity contribution in [1.29, 1.82) is 0 Å². The Bertz CT molecular complexity index is 854. The zero-order valence-electron chi connectivity index (χ0n) is 16.8. The molecular weight excluding hydrogens is 354 g/mol. The third-order valence-electron chi connectivity index (χ3n) is 4.77. The van der Waals surface area contributed by atoms with Crippen molar-refractivity contribution in [2.75, 3.05) is 0 Å². The summed E-state index contributed by atoms with van der Waals surface area (Å²) in [5.41, 5.74) is 1.47. The van der Waals surface area contributed by atoms with Crippen LogP contribution in [0.25, 0.3) is 10.9 Å². The Kier molecular flexibility index (Phi) is 7.55. The van der Waals surface area contributed by atoms with Crippen LogP contribution in [0.2, 0.25) is 0 Å². The first-order chi connectivity index (χ1) is 13.4. The average Bonchev–Trinajstić information content (AvgIpc) is 3.06. The fourth-order valence-corrected chi connectivity index (χ4v) is 3.11. The van der Waals surface area contributed by atoms with Crippen molar-refractivity contribution >= 4 is 29.0 Å². The van der Waals surface area contributed by atoms with Gasteiger partial charge in [-0.05, 0) is 30.9 Å². The highest BCUT2D eigenvalue weighted by Crippen LogP contribution is 2.21. The molecule has 0 saturated carbocycles. The minimum atomic E-state index is -0.729. The predicted octanol–water partition coefficient (Wildman–Crippen LogP) is 3.07. The number of hydrogen-bond donors (Lipinski definition) is 2. The van der Waals surface area contributed by atoms with E-state index in [9.17, 15) is 14.4 Å². The Morgan fingerprint density at radius 3 is 2.54 bits per heavy atom. The van der Waals surface area contributed by atoms with Crippen molar-refractivity contribution in [2.45, 2.75) is 52.2 Å². The molecule has 0 bridgehead atoms. The molecule has 2 atom stereocenters. The summed E-state index contributed by atoms with van der Waals surface area (Å²) in [4.78, 5) is 36.7. The number of aryl methyl sites for hydroxylation is 1. The number of amides is 2. The van der Waals surface area contributed by atoms with Crippen molar-refractivity contribution in [1.82, 2.24) is 15.2 Å². The van der Waals surface area contributed by atoms with E-state index in [1.165, 1.54) is 0 Å². The third kappa shape index (κ3) is 4.88. The molecule has 6 heteroatoms. The summed E-state index contributed by atoms with van der Waals surface area (Å²) >= 11 is 0. The van der Waals surface area contributed by atoms with E-state index >= 15 is 0 Å². The minimum Gasteiger partial charge on any atom is -0.345 e. The molecule has 6 nitrogen and oxygen atoms in total. The number of aldehydes is 1. The van der Waals surface area contributed by atoms with Crippen LogP contribution >= 0.6 is 0 Å². The molecule has 1 aromatic carbocycles. The Hall–Kier alpha value is -2.89. The molecule has 0 saturated heterocycles. The van der Waals surface area contributed by atoms with Gasteiger partial charge in [0.15, 0.2) is 0 Å². The first-order valence-corrected chi connectivity index (χ1v) is 9.68. The van der Waals surface area contributed by atoms with Crippen LogP contribution in [-0.4, -0.2) is 34.8 Å². The van der Waals surface area contributed by atoms with Gasteiger partial charge >= 0.3 is 0 Å². The largest absolute Gasteiger partial charge is 0.345 e. The van der Waals surface area contributed by atoms with Crippen molar-refractivity contribution in [3.05, 3.63) is 48.7 Å². The van der Waals surface area contributed by atoms with Crippen LogP contribution in [0.15, 0.2) is 43.0 Å². The highest BCUT2D eigenvalue weighted by Gasteiger charge is 2.27. The van der Waals surface area contributed by atoms with Gasteiger partial charge in [0.1, 0.15) is 18.0 Å². The number of carbonyl (C=O) groups is 3. The summed E-state index contributed by atoms with van der Waals surface area (Å²) in [6.45, 7) is 9.93. The van der Waals surface area contributed by atoms with Gasteiger partial charge in [0.25, 0.3) is 5.91 Å². The molecule has 2 rings (SSSR count). The van der Waals surface area contributed by atoms with Crippen LogP contribution in [0.4, 0.5) is 0 Å². The number of nitrogens with zero attached hydrogens (tertiary/aromatic N) is 1. The van der Waals surface area contributed by atoms with E-state index in [0.717, 1.165) is 17.3 Å². The SMILES string of the molecule is C=CCCn1c(C(=O)N[C@H](C(=O)N[C@H](C=O)CC)C(C)C)cc2ccccc21. The van der Waals surface area contributed by atoms with E-state index in [0.29, 0.717) is 24.9 Å². The normalized spacial score (nSPS) is 13.1. The average molecular weight is 383 g/mol. The smallest absolute Gasteiger partial charge is 0.268 e. The summed E-state index contributed by atoms with van der Waals surface area (Å²) in [5.74, 6) is -0.788. The summed E-state index contributed by atoms with van der Waals surface area (Å²) in [6.07, 6.45) is 3.75. The third-order valence-corrected chi connectivity index (χ3v) is 4.77.